The lowest BCUT2D eigenvalue weighted by atomic mass is 10.1. The van der Waals surface area contributed by atoms with Crippen molar-refractivity contribution in [1.82, 2.24) is 10.3 Å². The van der Waals surface area contributed by atoms with Gasteiger partial charge in [-0.3, -0.25) is 4.79 Å². The third-order valence-electron chi connectivity index (χ3n) is 2.47. The first-order valence-corrected chi connectivity index (χ1v) is 7.27. The lowest BCUT2D eigenvalue weighted by Gasteiger charge is -2.20. The van der Waals surface area contributed by atoms with Crippen LogP contribution in [0.3, 0.4) is 0 Å². The van der Waals surface area contributed by atoms with Crippen LogP contribution < -0.4 is 5.32 Å². The summed E-state index contributed by atoms with van der Waals surface area (Å²) in [7, 11) is 1.49. The predicted molar refractivity (Wildman–Crippen MR) is 79.3 cm³/mol. The summed E-state index contributed by atoms with van der Waals surface area (Å²) in [5, 5.41) is 8.72. The molecule has 0 spiro atoms. The Morgan fingerprint density at radius 1 is 1.48 bits per heavy atom. The van der Waals surface area contributed by atoms with E-state index in [9.17, 15) is 9.59 Å². The molecule has 0 atom stereocenters. The Balaban J connectivity index is 3.04. The van der Waals surface area contributed by atoms with Gasteiger partial charge in [0, 0.05) is 12.4 Å². The van der Waals surface area contributed by atoms with E-state index in [1.807, 2.05) is 6.92 Å². The highest BCUT2D eigenvalue weighted by Crippen LogP contribution is 2.14. The molecule has 116 valence electrons. The molecule has 0 unspecified atom stereocenters. The number of nitrogens with zero attached hydrogens (tertiary/aromatic N) is 2. The van der Waals surface area contributed by atoms with E-state index in [-0.39, 0.29) is 18.2 Å². The van der Waals surface area contributed by atoms with Gasteiger partial charge in [0.1, 0.15) is 5.69 Å². The van der Waals surface area contributed by atoms with E-state index in [1.165, 1.54) is 18.4 Å². The van der Waals surface area contributed by atoms with Crippen LogP contribution in [0.4, 0.5) is 0 Å². The van der Waals surface area contributed by atoms with Crippen LogP contribution in [-0.2, 0) is 19.2 Å². The number of hydrogen-bond acceptors (Lipinski definition) is 7. The van der Waals surface area contributed by atoms with E-state index in [0.29, 0.717) is 5.69 Å². The summed E-state index contributed by atoms with van der Waals surface area (Å²) >= 11 is 1.38. The molecule has 8 heteroatoms. The normalized spacial score (nSPS) is 12.0. The van der Waals surface area contributed by atoms with Gasteiger partial charge in [-0.15, -0.1) is 11.3 Å². The fourth-order valence-corrected chi connectivity index (χ4v) is 1.96. The average Bonchev–Trinajstić information content (AvgIpc) is 2.84. The number of aryl methyl sites for hydroxylation is 1. The first kappa shape index (κ1) is 17.1. The van der Waals surface area contributed by atoms with Crippen molar-refractivity contribution in [3.05, 3.63) is 16.1 Å². The summed E-state index contributed by atoms with van der Waals surface area (Å²) in [6.45, 7) is 6.80. The van der Waals surface area contributed by atoms with Crippen LogP contribution in [0.1, 0.15) is 31.5 Å². The number of nitrogens with one attached hydrogen (secondary N) is 1. The molecule has 1 aromatic heterocycles. The Morgan fingerprint density at radius 3 is 2.62 bits per heavy atom. The standard InChI is InChI=1S/C13H19N3O4S/c1-6-19-11(17)10(9-7-21-8(2)15-9)16-20-13(3,4)12(18)14-5/h7H,6H2,1-5H3,(H,14,18)/b16-10-. The minimum absolute atomic E-state index is 0.0572. The molecule has 1 amide bonds. The molecule has 1 heterocycles. The van der Waals surface area contributed by atoms with Gasteiger partial charge in [0.25, 0.3) is 5.91 Å². The topological polar surface area (TPSA) is 89.9 Å². The molecule has 1 N–H and O–H groups in total. The summed E-state index contributed by atoms with van der Waals surface area (Å²) in [6.07, 6.45) is 0. The first-order chi connectivity index (χ1) is 9.81. The number of carbonyl (C=O) groups excluding carboxylic acids is 2. The minimum Gasteiger partial charge on any atom is -0.461 e. The van der Waals surface area contributed by atoms with Crippen LogP contribution in [-0.4, -0.2) is 41.8 Å². The molecule has 1 aromatic rings. The van der Waals surface area contributed by atoms with Crippen molar-refractivity contribution in [2.75, 3.05) is 13.7 Å². The van der Waals surface area contributed by atoms with Crippen LogP contribution in [0.25, 0.3) is 0 Å². The van der Waals surface area contributed by atoms with E-state index < -0.39 is 11.6 Å². The van der Waals surface area contributed by atoms with Gasteiger partial charge >= 0.3 is 5.97 Å². The van der Waals surface area contributed by atoms with E-state index in [4.69, 9.17) is 9.57 Å². The molecule has 21 heavy (non-hydrogen) atoms. The van der Waals surface area contributed by atoms with Crippen molar-refractivity contribution in [3.63, 3.8) is 0 Å². The monoisotopic (exact) mass is 313 g/mol. The van der Waals surface area contributed by atoms with Gasteiger partial charge in [0.15, 0.2) is 0 Å². The summed E-state index contributed by atoms with van der Waals surface area (Å²) in [5.41, 5.74) is -0.903. The number of rotatable bonds is 6. The fourth-order valence-electron chi connectivity index (χ4n) is 1.36. The van der Waals surface area contributed by atoms with Gasteiger partial charge in [0.2, 0.25) is 11.3 Å². The van der Waals surface area contributed by atoms with E-state index in [1.54, 1.807) is 26.2 Å². The SMILES string of the molecule is CCOC(=O)/C(=N\OC(C)(C)C(=O)NC)c1csc(C)n1. The Labute approximate surface area is 127 Å². The predicted octanol–water partition coefficient (Wildman–Crippen LogP) is 1.26. The maximum Gasteiger partial charge on any atom is 0.362 e. The van der Waals surface area contributed by atoms with Crippen LogP contribution >= 0.6 is 11.3 Å². The molecule has 0 aromatic carbocycles. The minimum atomic E-state index is -1.21. The van der Waals surface area contributed by atoms with Crippen LogP contribution in [0.2, 0.25) is 0 Å². The molecule has 0 aliphatic heterocycles. The number of ether oxygens (including phenoxy) is 1. The number of amides is 1. The smallest absolute Gasteiger partial charge is 0.362 e. The third kappa shape index (κ3) is 4.52. The van der Waals surface area contributed by atoms with Crippen molar-refractivity contribution < 1.29 is 19.2 Å². The maximum absolute atomic E-state index is 11.9. The number of hydrogen-bond donors (Lipinski definition) is 1. The van der Waals surface area contributed by atoms with Gasteiger partial charge < -0.3 is 14.9 Å². The van der Waals surface area contributed by atoms with Crippen molar-refractivity contribution >= 4 is 28.9 Å². The van der Waals surface area contributed by atoms with Gasteiger partial charge in [-0.05, 0) is 27.7 Å². The quantitative estimate of drug-likeness (QED) is 0.485. The average molecular weight is 313 g/mol. The second-order valence-corrected chi connectivity index (χ2v) is 5.66. The fraction of sp³-hybridized carbons (Fsp3) is 0.538. The highest BCUT2D eigenvalue weighted by Gasteiger charge is 2.30. The number of esters is 1. The third-order valence-corrected chi connectivity index (χ3v) is 3.24. The van der Waals surface area contributed by atoms with Gasteiger partial charge in [0.05, 0.1) is 11.6 Å². The Morgan fingerprint density at radius 2 is 2.14 bits per heavy atom. The molecular formula is C13H19N3O4S. The van der Waals surface area contributed by atoms with E-state index >= 15 is 0 Å². The van der Waals surface area contributed by atoms with E-state index in [2.05, 4.69) is 15.5 Å². The molecular weight excluding hydrogens is 294 g/mol. The van der Waals surface area contributed by atoms with Crippen molar-refractivity contribution in [2.45, 2.75) is 33.3 Å². The summed E-state index contributed by atoms with van der Waals surface area (Å²) in [5.74, 6) is -1.00. The Kier molecular flexibility index (Phi) is 5.83. The largest absolute Gasteiger partial charge is 0.461 e. The van der Waals surface area contributed by atoms with Crippen molar-refractivity contribution in [2.24, 2.45) is 5.16 Å². The number of thiazole rings is 1. The molecule has 0 aliphatic rings. The summed E-state index contributed by atoms with van der Waals surface area (Å²) in [6, 6.07) is 0. The van der Waals surface area contributed by atoms with Gasteiger partial charge in [-0.25, -0.2) is 9.78 Å². The maximum atomic E-state index is 11.9. The van der Waals surface area contributed by atoms with Crippen LogP contribution in [0.15, 0.2) is 10.5 Å². The van der Waals surface area contributed by atoms with Crippen LogP contribution in [0, 0.1) is 6.92 Å². The molecule has 0 saturated heterocycles. The molecule has 0 radical (unpaired) electrons. The lowest BCUT2D eigenvalue weighted by molar-refractivity contribution is -0.143. The highest BCUT2D eigenvalue weighted by atomic mass is 32.1. The summed E-state index contributed by atoms with van der Waals surface area (Å²) < 4.78 is 4.93. The second-order valence-electron chi connectivity index (χ2n) is 4.59. The lowest BCUT2D eigenvalue weighted by Crippen LogP contribution is -2.42. The molecule has 7 nitrogen and oxygen atoms in total. The second kappa shape index (κ2) is 7.16. The van der Waals surface area contributed by atoms with Gasteiger partial charge in [-0.2, -0.15) is 0 Å². The Hall–Kier alpha value is -1.96. The number of likely N-dealkylation sites (N-methyl/N-ethyl adjacent to an activating group) is 1. The summed E-state index contributed by atoms with van der Waals surface area (Å²) in [4.78, 5) is 33.0. The van der Waals surface area contributed by atoms with Crippen molar-refractivity contribution in [1.29, 1.82) is 0 Å². The van der Waals surface area contributed by atoms with Crippen LogP contribution in [0.5, 0.6) is 0 Å². The first-order valence-electron chi connectivity index (χ1n) is 6.39. The molecule has 1 rings (SSSR count). The zero-order chi connectivity index (χ0) is 16.0. The zero-order valence-corrected chi connectivity index (χ0v) is 13.5. The number of aromatic nitrogens is 1. The molecule has 0 saturated carbocycles. The Bertz CT molecular complexity index is 551. The van der Waals surface area contributed by atoms with Gasteiger partial charge in [-0.1, -0.05) is 5.16 Å². The molecule has 0 aliphatic carbocycles. The number of carbonyl (C=O) groups is 2. The molecule has 0 fully saturated rings. The zero-order valence-electron chi connectivity index (χ0n) is 12.7. The molecule has 0 bridgehead atoms. The van der Waals surface area contributed by atoms with Crippen molar-refractivity contribution in [3.8, 4) is 0 Å². The highest BCUT2D eigenvalue weighted by molar-refractivity contribution is 7.09. The van der Waals surface area contributed by atoms with E-state index in [0.717, 1.165) is 5.01 Å². The number of oxime groups is 1.